The van der Waals surface area contributed by atoms with E-state index in [-0.39, 0.29) is 72.5 Å². The predicted octanol–water partition coefficient (Wildman–Crippen LogP) is 2.21. The first-order valence-electron chi connectivity index (χ1n) is 16.3. The number of allylic oxidation sites excluding steroid dienone is 2. The summed E-state index contributed by atoms with van der Waals surface area (Å²) in [4.78, 5) is 45.0. The van der Waals surface area contributed by atoms with Crippen LogP contribution < -0.4 is 0 Å². The number of ketones is 1. The van der Waals surface area contributed by atoms with Gasteiger partial charge in [-0.05, 0) is 85.0 Å². The van der Waals surface area contributed by atoms with Crippen LogP contribution in [0.5, 0.6) is 0 Å². The molecule has 7 fully saturated rings. The van der Waals surface area contributed by atoms with Gasteiger partial charge in [0.25, 0.3) is 0 Å². The van der Waals surface area contributed by atoms with Crippen molar-refractivity contribution in [3.05, 3.63) is 24.3 Å². The second-order valence-electron chi connectivity index (χ2n) is 15.6. The Bertz CT molecular complexity index is 1280. The number of hydrogen-bond donors (Lipinski definition) is 2. The van der Waals surface area contributed by atoms with Crippen molar-refractivity contribution in [3.8, 4) is 0 Å². The molecule has 5 aliphatic carbocycles. The molecule has 0 aromatic rings. The molecule has 0 amide bonds. The monoisotopic (exact) mass is 596 g/mol. The molecular formula is C34H48N2O7. The van der Waals surface area contributed by atoms with Crippen molar-refractivity contribution in [2.45, 2.75) is 74.8 Å². The first-order valence-corrected chi connectivity index (χ1v) is 16.3. The van der Waals surface area contributed by atoms with Gasteiger partial charge in [-0.3, -0.25) is 14.4 Å². The normalized spacial score (nSPS) is 50.4. The summed E-state index contributed by atoms with van der Waals surface area (Å²) in [5.74, 6) is -2.82. The van der Waals surface area contributed by atoms with Gasteiger partial charge in [-0.15, -0.1) is 0 Å². The zero-order valence-corrected chi connectivity index (χ0v) is 26.1. The number of Topliss-reactive ketones (excluding diaryl/α,β-unsaturated/α-hetero) is 1. The fourth-order valence-electron chi connectivity index (χ4n) is 11.5. The zero-order valence-electron chi connectivity index (χ0n) is 26.1. The average molecular weight is 597 g/mol. The molecule has 2 unspecified atom stereocenters. The Balaban J connectivity index is 1.32. The maximum absolute atomic E-state index is 14.5. The molecule has 0 radical (unpaired) electrons. The van der Waals surface area contributed by atoms with Gasteiger partial charge in [0.2, 0.25) is 0 Å². The van der Waals surface area contributed by atoms with Crippen molar-refractivity contribution >= 4 is 17.7 Å². The number of hydrogen-bond acceptors (Lipinski definition) is 9. The predicted molar refractivity (Wildman–Crippen MR) is 157 cm³/mol. The molecule has 2 aliphatic heterocycles. The van der Waals surface area contributed by atoms with Crippen molar-refractivity contribution in [2.24, 2.45) is 52.8 Å². The Labute approximate surface area is 254 Å². The molecule has 1 spiro atoms. The average Bonchev–Trinajstić information content (AvgIpc) is 3.58. The number of nitrogens with zero attached hydrogens (tertiary/aromatic N) is 2. The fraction of sp³-hybridized carbons (Fsp3) is 0.794. The molecular weight excluding hydrogens is 548 g/mol. The van der Waals surface area contributed by atoms with E-state index in [2.05, 4.69) is 13.2 Å². The summed E-state index contributed by atoms with van der Waals surface area (Å²) < 4.78 is 12.4. The molecule has 0 bridgehead atoms. The second-order valence-corrected chi connectivity index (χ2v) is 15.6. The minimum atomic E-state index is -1.76. The van der Waals surface area contributed by atoms with Crippen molar-refractivity contribution in [1.82, 2.24) is 9.80 Å². The number of ether oxygens (including phenoxy) is 2. The highest BCUT2D eigenvalue weighted by Gasteiger charge is 2.83. The van der Waals surface area contributed by atoms with Gasteiger partial charge < -0.3 is 29.5 Å². The summed E-state index contributed by atoms with van der Waals surface area (Å²) in [6.07, 6.45) is 2.81. The molecule has 236 valence electrons. The van der Waals surface area contributed by atoms with E-state index >= 15 is 0 Å². The molecule has 13 atom stereocenters. The van der Waals surface area contributed by atoms with E-state index in [1.807, 2.05) is 38.0 Å². The van der Waals surface area contributed by atoms with Crippen LogP contribution in [-0.4, -0.2) is 102 Å². The second kappa shape index (κ2) is 9.71. The van der Waals surface area contributed by atoms with Crippen LogP contribution in [-0.2, 0) is 23.9 Å². The van der Waals surface area contributed by atoms with Crippen molar-refractivity contribution < 1.29 is 34.1 Å². The molecule has 5 saturated carbocycles. The van der Waals surface area contributed by atoms with Crippen LogP contribution in [0.3, 0.4) is 0 Å². The lowest BCUT2D eigenvalue weighted by Crippen LogP contribution is -2.63. The molecule has 2 N–H and O–H groups in total. The maximum Gasteiger partial charge on any atom is 0.310 e. The fourth-order valence-corrected chi connectivity index (χ4v) is 11.5. The van der Waals surface area contributed by atoms with Crippen LogP contribution in [0, 0.1) is 52.8 Å². The SMILES string of the molecule is C=C1CC[C@H]2C(CN(C)C)C(=O)O[C@@H]2[C@@H]2[C@H]1C[C@@]1(O)[C@]2(O)CC[C@]12C(=O)C[C@H]1C(=C)CC[C@H]3C(CN(C)C)C(=O)O[C@@H]3[C@H]12. The first kappa shape index (κ1) is 29.6. The van der Waals surface area contributed by atoms with E-state index < -0.39 is 40.7 Å². The summed E-state index contributed by atoms with van der Waals surface area (Å²) >= 11 is 0. The summed E-state index contributed by atoms with van der Waals surface area (Å²) in [6.45, 7) is 9.98. The van der Waals surface area contributed by atoms with E-state index in [9.17, 15) is 24.6 Å². The van der Waals surface area contributed by atoms with Gasteiger partial charge >= 0.3 is 11.9 Å². The molecule has 9 heteroatoms. The maximum atomic E-state index is 14.5. The molecule has 0 aromatic carbocycles. The van der Waals surface area contributed by atoms with Crippen molar-refractivity contribution in [1.29, 1.82) is 0 Å². The summed E-state index contributed by atoms with van der Waals surface area (Å²) in [7, 11) is 7.77. The smallest absolute Gasteiger partial charge is 0.310 e. The minimum Gasteiger partial charge on any atom is -0.461 e. The van der Waals surface area contributed by atoms with Gasteiger partial charge in [0.1, 0.15) is 29.2 Å². The Morgan fingerprint density at radius 1 is 0.791 bits per heavy atom. The lowest BCUT2D eigenvalue weighted by Gasteiger charge is -2.48. The van der Waals surface area contributed by atoms with Crippen LogP contribution in [0.4, 0.5) is 0 Å². The number of carbonyl (C=O) groups is 3. The standard InChI is InChI=1S/C34H48N2O7/c1-17-7-9-19-23(15-35(3)4)30(38)42-28(19)26-21(17)13-25(37)32(26)11-12-33(40)27-22(14-34(32,33)41)18(2)8-10-20-24(16-36(5)6)31(39)43-29(20)27/h19-24,26-29,40-41H,1-2,7-16H2,3-6H3/t19-,20-,21-,22-,23?,24?,26-,27-,28-,29-,32+,33-,34-/m0/s1. The zero-order chi connectivity index (χ0) is 30.8. The van der Waals surface area contributed by atoms with E-state index in [1.165, 1.54) is 0 Å². The lowest BCUT2D eigenvalue weighted by molar-refractivity contribution is -0.205. The highest BCUT2D eigenvalue weighted by molar-refractivity contribution is 5.91. The van der Waals surface area contributed by atoms with Crippen molar-refractivity contribution in [2.75, 3.05) is 41.3 Å². The molecule has 43 heavy (non-hydrogen) atoms. The van der Waals surface area contributed by atoms with E-state index in [1.54, 1.807) is 0 Å². The Morgan fingerprint density at radius 3 is 1.84 bits per heavy atom. The topological polar surface area (TPSA) is 117 Å². The molecule has 7 rings (SSSR count). The van der Waals surface area contributed by atoms with Crippen LogP contribution in [0.2, 0.25) is 0 Å². The third kappa shape index (κ3) is 3.74. The highest BCUT2D eigenvalue weighted by Crippen LogP contribution is 2.74. The number of rotatable bonds is 4. The number of fused-ring (bicyclic) bond motifs is 10. The van der Waals surface area contributed by atoms with Gasteiger partial charge in [0.15, 0.2) is 0 Å². The van der Waals surface area contributed by atoms with E-state index in [4.69, 9.17) is 9.47 Å². The van der Waals surface area contributed by atoms with Gasteiger partial charge in [0.05, 0.1) is 17.3 Å². The molecule has 0 aromatic heterocycles. The number of aliphatic hydroxyl groups is 2. The van der Waals surface area contributed by atoms with Gasteiger partial charge in [-0.1, -0.05) is 24.3 Å². The Hall–Kier alpha value is -2.07. The Morgan fingerprint density at radius 2 is 1.30 bits per heavy atom. The molecule has 2 heterocycles. The lowest BCUT2D eigenvalue weighted by atomic mass is 9.59. The third-order valence-corrected chi connectivity index (χ3v) is 13.2. The highest BCUT2D eigenvalue weighted by atomic mass is 16.6. The number of carbonyl (C=O) groups excluding carboxylic acids is 3. The summed E-state index contributed by atoms with van der Waals surface area (Å²) in [6, 6.07) is 0. The molecule has 9 nitrogen and oxygen atoms in total. The third-order valence-electron chi connectivity index (χ3n) is 13.2. The molecule has 2 saturated heterocycles. The Kier molecular flexibility index (Phi) is 6.69. The van der Waals surface area contributed by atoms with E-state index in [0.29, 0.717) is 32.4 Å². The van der Waals surface area contributed by atoms with Crippen LogP contribution in [0.25, 0.3) is 0 Å². The summed E-state index contributed by atoms with van der Waals surface area (Å²) in [5.41, 5.74) is -2.74. The minimum absolute atomic E-state index is 0.0534. The summed E-state index contributed by atoms with van der Waals surface area (Å²) in [5, 5.41) is 26.0. The van der Waals surface area contributed by atoms with Gasteiger partial charge in [-0.2, -0.15) is 0 Å². The van der Waals surface area contributed by atoms with Gasteiger partial charge in [0, 0.05) is 43.2 Å². The van der Waals surface area contributed by atoms with E-state index in [0.717, 1.165) is 24.0 Å². The van der Waals surface area contributed by atoms with Crippen molar-refractivity contribution in [3.63, 3.8) is 0 Å². The van der Waals surface area contributed by atoms with Crippen LogP contribution in [0.15, 0.2) is 24.3 Å². The largest absolute Gasteiger partial charge is 0.461 e. The van der Waals surface area contributed by atoms with Crippen LogP contribution >= 0.6 is 0 Å². The van der Waals surface area contributed by atoms with Crippen LogP contribution in [0.1, 0.15) is 51.4 Å². The van der Waals surface area contributed by atoms with Gasteiger partial charge in [-0.25, -0.2) is 0 Å². The number of esters is 2. The molecule has 7 aliphatic rings. The first-order chi connectivity index (χ1) is 20.2. The quantitative estimate of drug-likeness (QED) is 0.372.